The zero-order valence-corrected chi connectivity index (χ0v) is 10.4. The molecule has 0 amide bonds. The van der Waals surface area contributed by atoms with Gasteiger partial charge in [0.1, 0.15) is 0 Å². The van der Waals surface area contributed by atoms with Crippen LogP contribution in [0.2, 0.25) is 0 Å². The fourth-order valence-electron chi connectivity index (χ4n) is 1.94. The minimum absolute atomic E-state index is 0.133. The normalized spacial score (nSPS) is 17.6. The zero-order chi connectivity index (χ0) is 13.1. The van der Waals surface area contributed by atoms with E-state index in [1.165, 1.54) is 6.07 Å². The van der Waals surface area contributed by atoms with Crippen molar-refractivity contribution in [3.05, 3.63) is 23.8 Å². The lowest BCUT2D eigenvalue weighted by molar-refractivity contribution is 0.0698. The van der Waals surface area contributed by atoms with Crippen LogP contribution in [0.25, 0.3) is 0 Å². The van der Waals surface area contributed by atoms with Gasteiger partial charge in [-0.2, -0.15) is 0 Å². The van der Waals surface area contributed by atoms with Crippen LogP contribution < -0.4 is 11.2 Å². The Bertz CT molecular complexity index is 442. The first-order valence-electron chi connectivity index (χ1n) is 5.90. The quantitative estimate of drug-likeness (QED) is 0.679. The van der Waals surface area contributed by atoms with E-state index in [2.05, 4.69) is 22.4 Å². The smallest absolute Gasteiger partial charge is 0.337 e. The highest BCUT2D eigenvalue weighted by molar-refractivity contribution is 5.97. The molecule has 1 heterocycles. The molecule has 4 N–H and O–H groups in total. The van der Waals surface area contributed by atoms with Gasteiger partial charge in [-0.1, -0.05) is 6.07 Å². The summed E-state index contributed by atoms with van der Waals surface area (Å²) >= 11 is 0. The second-order valence-electron chi connectivity index (χ2n) is 4.47. The molecule has 18 heavy (non-hydrogen) atoms. The van der Waals surface area contributed by atoms with E-state index >= 15 is 0 Å². The van der Waals surface area contributed by atoms with E-state index in [1.807, 2.05) is 0 Å². The van der Waals surface area contributed by atoms with Crippen molar-refractivity contribution in [1.82, 2.24) is 9.91 Å². The van der Waals surface area contributed by atoms with Crippen molar-refractivity contribution in [2.45, 2.75) is 0 Å². The van der Waals surface area contributed by atoms with Crippen molar-refractivity contribution in [2.75, 3.05) is 44.4 Å². The summed E-state index contributed by atoms with van der Waals surface area (Å²) in [4.78, 5) is 13.2. The lowest BCUT2D eigenvalue weighted by Crippen LogP contribution is -2.47. The van der Waals surface area contributed by atoms with Gasteiger partial charge < -0.3 is 21.2 Å². The van der Waals surface area contributed by atoms with Gasteiger partial charge in [0.25, 0.3) is 0 Å². The van der Waals surface area contributed by atoms with Gasteiger partial charge in [-0.25, -0.2) is 9.80 Å². The third-order valence-electron chi connectivity index (χ3n) is 3.12. The average Bonchev–Trinajstić information content (AvgIpc) is 2.34. The van der Waals surface area contributed by atoms with Crippen molar-refractivity contribution in [3.63, 3.8) is 0 Å². The number of nitrogens with two attached hydrogens (primary N) is 1. The number of aromatic carboxylic acids is 1. The van der Waals surface area contributed by atoms with Crippen LogP contribution in [-0.4, -0.2) is 54.2 Å². The van der Waals surface area contributed by atoms with E-state index < -0.39 is 5.97 Å². The summed E-state index contributed by atoms with van der Waals surface area (Å²) in [5.74, 6) is -1.01. The molecule has 1 aromatic carbocycles. The van der Waals surface area contributed by atoms with Gasteiger partial charge in [0.15, 0.2) is 0 Å². The molecular formula is C12H18N4O2. The molecule has 0 saturated carbocycles. The van der Waals surface area contributed by atoms with Crippen molar-refractivity contribution in [2.24, 2.45) is 0 Å². The van der Waals surface area contributed by atoms with E-state index in [0.29, 0.717) is 5.69 Å². The molecule has 1 aliphatic heterocycles. The maximum Gasteiger partial charge on any atom is 0.337 e. The molecule has 2 rings (SSSR count). The summed E-state index contributed by atoms with van der Waals surface area (Å²) in [6, 6.07) is 4.99. The molecule has 6 nitrogen and oxygen atoms in total. The number of carboxylic acids is 1. The number of likely N-dealkylation sites (N-methyl/N-ethyl adjacent to an activating group) is 1. The first-order valence-corrected chi connectivity index (χ1v) is 5.90. The number of nitrogen functional groups attached to an aromatic ring is 1. The summed E-state index contributed by atoms with van der Waals surface area (Å²) in [6.07, 6.45) is 0. The predicted molar refractivity (Wildman–Crippen MR) is 70.5 cm³/mol. The molecule has 6 heteroatoms. The summed E-state index contributed by atoms with van der Waals surface area (Å²) in [6.45, 7) is 3.72. The Morgan fingerprint density at radius 1 is 1.33 bits per heavy atom. The molecule has 0 spiro atoms. The lowest BCUT2D eigenvalue weighted by Gasteiger charge is -2.33. The number of benzene rings is 1. The van der Waals surface area contributed by atoms with Crippen molar-refractivity contribution >= 4 is 17.3 Å². The summed E-state index contributed by atoms with van der Waals surface area (Å²) in [5, 5.41) is 11.1. The van der Waals surface area contributed by atoms with Crippen LogP contribution in [0.5, 0.6) is 0 Å². The molecule has 0 bridgehead atoms. The SMILES string of the molecule is CN1CCN(Nc2cccc(C(=O)O)c2N)CC1. The molecule has 1 aliphatic rings. The summed E-state index contributed by atoms with van der Waals surface area (Å²) < 4.78 is 0. The number of nitrogens with one attached hydrogen (secondary N) is 1. The number of hydrazine groups is 1. The second-order valence-corrected chi connectivity index (χ2v) is 4.47. The van der Waals surface area contributed by atoms with Crippen molar-refractivity contribution in [1.29, 1.82) is 0 Å². The zero-order valence-electron chi connectivity index (χ0n) is 10.4. The standard InChI is InChI=1S/C12H18N4O2/c1-15-5-7-16(8-6-15)14-10-4-2-3-9(11(10)13)12(17)18/h2-4,14H,5-8,13H2,1H3,(H,17,18). The third kappa shape index (κ3) is 2.72. The van der Waals surface area contributed by atoms with E-state index in [9.17, 15) is 4.79 Å². The molecule has 0 atom stereocenters. The summed E-state index contributed by atoms with van der Waals surface area (Å²) in [7, 11) is 2.08. The van der Waals surface area contributed by atoms with Gasteiger partial charge in [-0.15, -0.1) is 0 Å². The molecule has 0 unspecified atom stereocenters. The molecule has 98 valence electrons. The van der Waals surface area contributed by atoms with Crippen LogP contribution in [0.15, 0.2) is 18.2 Å². The number of piperazine rings is 1. The largest absolute Gasteiger partial charge is 0.478 e. The maximum absolute atomic E-state index is 11.0. The van der Waals surface area contributed by atoms with E-state index in [0.717, 1.165) is 26.2 Å². The monoisotopic (exact) mass is 250 g/mol. The topological polar surface area (TPSA) is 81.8 Å². The number of carbonyl (C=O) groups is 1. The Hall–Kier alpha value is -1.79. The Morgan fingerprint density at radius 2 is 2.00 bits per heavy atom. The molecule has 0 aromatic heterocycles. The second kappa shape index (κ2) is 5.24. The molecule has 1 aromatic rings. The average molecular weight is 250 g/mol. The van der Waals surface area contributed by atoms with Crippen molar-refractivity contribution < 1.29 is 9.90 Å². The highest BCUT2D eigenvalue weighted by Crippen LogP contribution is 2.23. The fraction of sp³-hybridized carbons (Fsp3) is 0.417. The van der Waals surface area contributed by atoms with Gasteiger partial charge in [0.2, 0.25) is 0 Å². The Balaban J connectivity index is 2.10. The highest BCUT2D eigenvalue weighted by Gasteiger charge is 2.16. The van der Waals surface area contributed by atoms with Crippen LogP contribution in [0.1, 0.15) is 10.4 Å². The number of hydrogen-bond acceptors (Lipinski definition) is 5. The summed E-state index contributed by atoms with van der Waals surface area (Å²) in [5.41, 5.74) is 10.1. The van der Waals surface area contributed by atoms with E-state index in [4.69, 9.17) is 10.8 Å². The van der Waals surface area contributed by atoms with Crippen LogP contribution >= 0.6 is 0 Å². The number of hydrogen-bond donors (Lipinski definition) is 3. The van der Waals surface area contributed by atoms with Gasteiger partial charge in [0.05, 0.1) is 16.9 Å². The number of para-hydroxylation sites is 1. The molecule has 1 saturated heterocycles. The first-order chi connectivity index (χ1) is 8.58. The number of nitrogens with zero attached hydrogens (tertiary/aromatic N) is 2. The lowest BCUT2D eigenvalue weighted by atomic mass is 10.1. The van der Waals surface area contributed by atoms with Crippen LogP contribution in [0.3, 0.4) is 0 Å². The maximum atomic E-state index is 11.0. The predicted octanol–water partition coefficient (Wildman–Crippen LogP) is 0.541. The van der Waals surface area contributed by atoms with Gasteiger partial charge >= 0.3 is 5.97 Å². The van der Waals surface area contributed by atoms with E-state index in [-0.39, 0.29) is 11.3 Å². The molecule has 1 fully saturated rings. The third-order valence-corrected chi connectivity index (χ3v) is 3.12. The van der Waals surface area contributed by atoms with Gasteiger partial charge in [-0.05, 0) is 19.2 Å². The number of carboxylic acid groups (broad SMARTS) is 1. The van der Waals surface area contributed by atoms with E-state index in [1.54, 1.807) is 12.1 Å². The Morgan fingerprint density at radius 3 is 2.61 bits per heavy atom. The van der Waals surface area contributed by atoms with Crippen LogP contribution in [0.4, 0.5) is 11.4 Å². The molecule has 0 aliphatic carbocycles. The first kappa shape index (κ1) is 12.7. The molecular weight excluding hydrogens is 232 g/mol. The fourth-order valence-corrected chi connectivity index (χ4v) is 1.94. The van der Waals surface area contributed by atoms with Crippen LogP contribution in [0, 0.1) is 0 Å². The highest BCUT2D eigenvalue weighted by atomic mass is 16.4. The minimum Gasteiger partial charge on any atom is -0.478 e. The van der Waals surface area contributed by atoms with Gasteiger partial charge in [-0.3, -0.25) is 0 Å². The number of rotatable bonds is 3. The minimum atomic E-state index is -1.01. The number of anilines is 2. The van der Waals surface area contributed by atoms with Gasteiger partial charge in [0, 0.05) is 26.2 Å². The van der Waals surface area contributed by atoms with Crippen molar-refractivity contribution in [3.8, 4) is 0 Å². The Labute approximate surface area is 106 Å². The Kier molecular flexibility index (Phi) is 3.69. The van der Waals surface area contributed by atoms with Crippen LogP contribution in [-0.2, 0) is 0 Å². The molecule has 0 radical (unpaired) electrons.